The fourth-order valence-corrected chi connectivity index (χ4v) is 1.91. The number of aldehydes is 1. The maximum atomic E-state index is 11.3. The van der Waals surface area contributed by atoms with Crippen LogP contribution in [0.2, 0.25) is 0 Å². The number of aliphatic carboxylic acids is 1. The van der Waals surface area contributed by atoms with Gasteiger partial charge in [-0.15, -0.1) is 0 Å². The summed E-state index contributed by atoms with van der Waals surface area (Å²) in [5.41, 5.74) is 0. The number of hydrogen-bond donors (Lipinski definition) is 3. The Hall–Kier alpha value is -1.80. The van der Waals surface area contributed by atoms with Crippen molar-refractivity contribution in [3.8, 4) is 0 Å². The van der Waals surface area contributed by atoms with E-state index < -0.39 is 36.2 Å². The third-order valence-electron chi connectivity index (χ3n) is 2.74. The Bertz CT molecular complexity index is 407. The number of carboxylic acid groups (broad SMARTS) is 1. The molecular weight excluding hydrogens is 244 g/mol. The van der Waals surface area contributed by atoms with Crippen LogP contribution in [0.5, 0.6) is 0 Å². The predicted octanol–water partition coefficient (Wildman–Crippen LogP) is -1.99. The number of aliphatic hydroxyl groups excluding tert-OH is 2. The fourth-order valence-electron chi connectivity index (χ4n) is 1.91. The highest BCUT2D eigenvalue weighted by Crippen LogP contribution is 2.21. The Balaban J connectivity index is 3.00. The van der Waals surface area contributed by atoms with Crippen molar-refractivity contribution in [1.82, 2.24) is 4.90 Å². The summed E-state index contributed by atoms with van der Waals surface area (Å²) in [6.45, 7) is 2.68. The summed E-state index contributed by atoms with van der Waals surface area (Å²) in [5.74, 6) is -1.88. The van der Waals surface area contributed by atoms with Gasteiger partial charge in [-0.1, -0.05) is 0 Å². The van der Waals surface area contributed by atoms with Crippen molar-refractivity contribution in [2.75, 3.05) is 0 Å². The van der Waals surface area contributed by atoms with E-state index in [1.807, 2.05) is 0 Å². The average molecular weight is 258 g/mol. The molecular formula is C10H14N2O6. The molecule has 0 aromatic rings. The summed E-state index contributed by atoms with van der Waals surface area (Å²) in [7, 11) is 0. The number of rotatable bonds is 4. The second kappa shape index (κ2) is 5.23. The van der Waals surface area contributed by atoms with Crippen LogP contribution in [0.3, 0.4) is 0 Å². The number of aliphatic hydroxyl groups is 2. The molecule has 0 saturated carbocycles. The van der Waals surface area contributed by atoms with Gasteiger partial charge in [-0.05, 0) is 6.92 Å². The van der Waals surface area contributed by atoms with E-state index in [2.05, 4.69) is 4.99 Å². The normalized spacial score (nSPS) is 26.4. The molecule has 0 spiro atoms. The number of carbonyl (C=O) groups excluding carboxylic acids is 2. The Kier molecular flexibility index (Phi) is 4.15. The van der Waals surface area contributed by atoms with Crippen LogP contribution in [0.15, 0.2) is 4.99 Å². The monoisotopic (exact) mass is 258 g/mol. The summed E-state index contributed by atoms with van der Waals surface area (Å²) in [6.07, 6.45) is -3.44. The van der Waals surface area contributed by atoms with Crippen LogP contribution >= 0.6 is 0 Å². The van der Waals surface area contributed by atoms with Crippen molar-refractivity contribution in [3.05, 3.63) is 0 Å². The molecule has 0 bridgehead atoms. The molecule has 0 aliphatic carbocycles. The minimum atomic E-state index is -2.07. The Morgan fingerprint density at radius 1 is 1.44 bits per heavy atom. The number of carbonyl (C=O) groups is 3. The van der Waals surface area contributed by atoms with Crippen molar-refractivity contribution in [2.24, 2.45) is 4.99 Å². The molecule has 1 rings (SSSR count). The molecule has 8 heteroatoms. The third-order valence-corrected chi connectivity index (χ3v) is 2.74. The van der Waals surface area contributed by atoms with E-state index in [1.165, 1.54) is 13.8 Å². The summed E-state index contributed by atoms with van der Waals surface area (Å²) < 4.78 is 0. The molecule has 18 heavy (non-hydrogen) atoms. The summed E-state index contributed by atoms with van der Waals surface area (Å²) in [4.78, 5) is 37.8. The Labute approximate surface area is 103 Å². The molecule has 0 aromatic carbocycles. The molecule has 0 fully saturated rings. The average Bonchev–Trinajstić information content (AvgIpc) is 2.63. The van der Waals surface area contributed by atoms with Crippen molar-refractivity contribution in [2.45, 2.75) is 38.1 Å². The molecule has 100 valence electrons. The fraction of sp³-hybridized carbons (Fsp3) is 0.600. The molecule has 1 amide bonds. The lowest BCUT2D eigenvalue weighted by atomic mass is 9.99. The molecule has 0 radical (unpaired) electrons. The van der Waals surface area contributed by atoms with Gasteiger partial charge < -0.3 is 20.1 Å². The number of amides is 1. The van der Waals surface area contributed by atoms with E-state index in [4.69, 9.17) is 5.11 Å². The van der Waals surface area contributed by atoms with E-state index in [1.54, 1.807) is 0 Å². The summed E-state index contributed by atoms with van der Waals surface area (Å²) in [6, 6.07) is -2.29. The van der Waals surface area contributed by atoms with Crippen LogP contribution < -0.4 is 0 Å². The van der Waals surface area contributed by atoms with Crippen LogP contribution in [0.4, 0.5) is 0 Å². The smallest absolute Gasteiger partial charge is 0.335 e. The van der Waals surface area contributed by atoms with E-state index in [9.17, 15) is 24.6 Å². The number of carboxylic acids is 1. The molecule has 0 aromatic heterocycles. The zero-order chi connectivity index (χ0) is 14.0. The van der Waals surface area contributed by atoms with E-state index in [-0.39, 0.29) is 5.84 Å². The van der Waals surface area contributed by atoms with Gasteiger partial charge in [0.15, 0.2) is 6.10 Å². The lowest BCUT2D eigenvalue weighted by Crippen LogP contribution is -2.51. The molecule has 4 unspecified atom stereocenters. The minimum Gasteiger partial charge on any atom is -0.479 e. The first kappa shape index (κ1) is 14.3. The van der Waals surface area contributed by atoms with Gasteiger partial charge in [0, 0.05) is 6.92 Å². The van der Waals surface area contributed by atoms with Gasteiger partial charge in [-0.25, -0.2) is 4.79 Å². The first-order chi connectivity index (χ1) is 8.31. The van der Waals surface area contributed by atoms with Crippen LogP contribution in [0.25, 0.3) is 0 Å². The van der Waals surface area contributed by atoms with E-state index in [0.29, 0.717) is 6.29 Å². The summed E-state index contributed by atoms with van der Waals surface area (Å²) >= 11 is 0. The predicted molar refractivity (Wildman–Crippen MR) is 58.9 cm³/mol. The number of aliphatic imine (C=N–C) groups is 1. The molecule has 1 aliphatic rings. The van der Waals surface area contributed by atoms with Crippen LogP contribution in [0, 0.1) is 0 Å². The van der Waals surface area contributed by atoms with Gasteiger partial charge in [-0.3, -0.25) is 14.7 Å². The van der Waals surface area contributed by atoms with Crippen LogP contribution in [-0.2, 0) is 14.4 Å². The molecule has 1 aliphatic heterocycles. The highest BCUT2D eigenvalue weighted by Gasteiger charge is 2.44. The largest absolute Gasteiger partial charge is 0.479 e. The SMILES string of the molecule is CC(=O)N1C(C)=NC(C(O)C(O)C(=O)O)C1C=O. The van der Waals surface area contributed by atoms with Gasteiger partial charge >= 0.3 is 5.97 Å². The van der Waals surface area contributed by atoms with Crippen molar-refractivity contribution >= 4 is 24.0 Å². The number of nitrogens with zero attached hydrogens (tertiary/aromatic N) is 2. The lowest BCUT2D eigenvalue weighted by molar-refractivity contribution is -0.154. The van der Waals surface area contributed by atoms with E-state index in [0.717, 1.165) is 4.90 Å². The summed E-state index contributed by atoms with van der Waals surface area (Å²) in [5, 5.41) is 27.5. The molecule has 0 saturated heterocycles. The quantitative estimate of drug-likeness (QED) is 0.501. The molecule has 8 nitrogen and oxygen atoms in total. The van der Waals surface area contributed by atoms with Crippen LogP contribution in [-0.4, -0.2) is 68.5 Å². The third kappa shape index (κ3) is 2.39. The Morgan fingerprint density at radius 3 is 2.39 bits per heavy atom. The maximum absolute atomic E-state index is 11.3. The van der Waals surface area contributed by atoms with Crippen molar-refractivity contribution in [1.29, 1.82) is 0 Å². The second-order valence-electron chi connectivity index (χ2n) is 3.96. The number of hydrogen-bond acceptors (Lipinski definition) is 6. The highest BCUT2D eigenvalue weighted by atomic mass is 16.4. The minimum absolute atomic E-state index is 0.196. The van der Waals surface area contributed by atoms with Gasteiger partial charge in [0.1, 0.15) is 30.3 Å². The van der Waals surface area contributed by atoms with Crippen LogP contribution in [0.1, 0.15) is 13.8 Å². The second-order valence-corrected chi connectivity index (χ2v) is 3.96. The molecule has 4 atom stereocenters. The molecule has 3 N–H and O–H groups in total. The standard InChI is InChI=1S/C10H14N2O6/c1-4-11-7(8(15)9(16)10(17)18)6(3-13)12(4)5(2)14/h3,6-9,15-16H,1-2H3,(H,17,18). The van der Waals surface area contributed by atoms with Crippen molar-refractivity contribution < 1.29 is 29.7 Å². The first-order valence-corrected chi connectivity index (χ1v) is 5.19. The highest BCUT2D eigenvalue weighted by molar-refractivity contribution is 6.00. The zero-order valence-electron chi connectivity index (χ0n) is 9.85. The van der Waals surface area contributed by atoms with Gasteiger partial charge in [0.2, 0.25) is 5.91 Å². The first-order valence-electron chi connectivity index (χ1n) is 5.19. The topological polar surface area (TPSA) is 128 Å². The van der Waals surface area contributed by atoms with Gasteiger partial charge in [0.05, 0.1) is 0 Å². The van der Waals surface area contributed by atoms with Crippen molar-refractivity contribution in [3.63, 3.8) is 0 Å². The molecule has 1 heterocycles. The Morgan fingerprint density at radius 2 is 2.00 bits per heavy atom. The lowest BCUT2D eigenvalue weighted by Gasteiger charge is -2.25. The number of amidine groups is 1. The van der Waals surface area contributed by atoms with E-state index >= 15 is 0 Å². The maximum Gasteiger partial charge on any atom is 0.335 e. The van der Waals surface area contributed by atoms with Gasteiger partial charge in [0.25, 0.3) is 0 Å². The van der Waals surface area contributed by atoms with Gasteiger partial charge in [-0.2, -0.15) is 0 Å². The zero-order valence-corrected chi connectivity index (χ0v) is 9.85.